The van der Waals surface area contributed by atoms with Gasteiger partial charge in [0.25, 0.3) is 5.78 Å². The van der Waals surface area contributed by atoms with Gasteiger partial charge in [0.2, 0.25) is 5.13 Å². The maximum absolute atomic E-state index is 13.5. The highest BCUT2D eigenvalue weighted by atomic mass is 32.2. The highest BCUT2D eigenvalue weighted by Crippen LogP contribution is 2.44. The van der Waals surface area contributed by atoms with E-state index in [1.54, 1.807) is 18.2 Å². The molecule has 0 saturated carbocycles. The maximum atomic E-state index is 13.5. The van der Waals surface area contributed by atoms with E-state index in [-0.39, 0.29) is 11.3 Å². The van der Waals surface area contributed by atoms with Crippen molar-refractivity contribution in [2.45, 2.75) is 43.3 Å². The predicted octanol–water partition coefficient (Wildman–Crippen LogP) is 6.86. The molecule has 0 aliphatic carbocycles. The van der Waals surface area contributed by atoms with Gasteiger partial charge >= 0.3 is 5.91 Å². The molecule has 40 heavy (non-hydrogen) atoms. The number of aromatic nitrogens is 2. The Labute approximate surface area is 241 Å². The molecule has 1 unspecified atom stereocenters. The number of aryl methyl sites for hydroxylation is 2. The van der Waals surface area contributed by atoms with E-state index in [4.69, 9.17) is 4.74 Å². The third-order valence-corrected chi connectivity index (χ3v) is 8.63. The first-order valence-corrected chi connectivity index (χ1v) is 14.8. The molecular weight excluding hydrogens is 542 g/mol. The Hall–Kier alpha value is -3.95. The maximum Gasteiger partial charge on any atom is 0.301 e. The Morgan fingerprint density at radius 2 is 1.70 bits per heavy atom. The summed E-state index contributed by atoms with van der Waals surface area (Å²) in [6.07, 6.45) is 0.837. The molecule has 1 N–H and O–H groups in total. The van der Waals surface area contributed by atoms with Crippen LogP contribution in [0.4, 0.5) is 5.13 Å². The number of hydrogen-bond donors (Lipinski definition) is 1. The van der Waals surface area contributed by atoms with Crippen LogP contribution in [0.1, 0.15) is 47.2 Å². The molecule has 1 saturated heterocycles. The van der Waals surface area contributed by atoms with Crippen molar-refractivity contribution < 1.29 is 19.4 Å². The van der Waals surface area contributed by atoms with Gasteiger partial charge in [-0.2, -0.15) is 0 Å². The molecule has 1 fully saturated rings. The van der Waals surface area contributed by atoms with E-state index in [9.17, 15) is 14.7 Å². The number of ketones is 1. The second-order valence-electron chi connectivity index (χ2n) is 9.58. The number of benzene rings is 3. The van der Waals surface area contributed by atoms with Gasteiger partial charge in [0.05, 0.1) is 18.2 Å². The summed E-state index contributed by atoms with van der Waals surface area (Å²) in [5.74, 6) is -0.450. The molecule has 1 atom stereocenters. The lowest BCUT2D eigenvalue weighted by molar-refractivity contribution is -0.132. The first-order valence-electron chi connectivity index (χ1n) is 13.0. The van der Waals surface area contributed by atoms with Crippen LogP contribution in [-0.4, -0.2) is 33.6 Å². The fourth-order valence-corrected chi connectivity index (χ4v) is 6.22. The van der Waals surface area contributed by atoms with Crippen molar-refractivity contribution in [3.63, 3.8) is 0 Å². The predicted molar refractivity (Wildman–Crippen MR) is 159 cm³/mol. The van der Waals surface area contributed by atoms with Crippen molar-refractivity contribution in [3.05, 3.63) is 106 Å². The third-order valence-electron chi connectivity index (χ3n) is 6.50. The van der Waals surface area contributed by atoms with Crippen molar-refractivity contribution in [2.24, 2.45) is 0 Å². The lowest BCUT2D eigenvalue weighted by Gasteiger charge is -2.23. The average molecular weight is 572 g/mol. The van der Waals surface area contributed by atoms with Crippen LogP contribution in [0, 0.1) is 13.8 Å². The first-order chi connectivity index (χ1) is 19.4. The molecule has 7 nitrogen and oxygen atoms in total. The van der Waals surface area contributed by atoms with E-state index in [1.165, 1.54) is 33.6 Å². The summed E-state index contributed by atoms with van der Waals surface area (Å²) in [5, 5.41) is 20.2. The van der Waals surface area contributed by atoms with E-state index in [0.717, 1.165) is 17.5 Å². The van der Waals surface area contributed by atoms with E-state index in [0.29, 0.717) is 38.7 Å². The van der Waals surface area contributed by atoms with Crippen molar-refractivity contribution in [2.75, 3.05) is 11.5 Å². The zero-order chi connectivity index (χ0) is 28.2. The third kappa shape index (κ3) is 5.80. The molecular formula is C31H29N3O4S2. The van der Waals surface area contributed by atoms with Crippen molar-refractivity contribution in [1.82, 2.24) is 10.2 Å². The van der Waals surface area contributed by atoms with Gasteiger partial charge in [-0.25, -0.2) is 0 Å². The lowest BCUT2D eigenvalue weighted by atomic mass is 9.95. The lowest BCUT2D eigenvalue weighted by Crippen LogP contribution is -2.29. The van der Waals surface area contributed by atoms with Gasteiger partial charge in [0.15, 0.2) is 4.34 Å². The summed E-state index contributed by atoms with van der Waals surface area (Å²) in [6, 6.07) is 21.8. The SMILES string of the molecule is CCCOc1cccc(C2C(=C(O)c3ccc(C)cc3)C(=O)C(=O)N2c2nnc(SCc3ccc(C)cc3)s2)c1. The van der Waals surface area contributed by atoms with Crippen LogP contribution in [0.25, 0.3) is 5.76 Å². The molecule has 1 aliphatic rings. The summed E-state index contributed by atoms with van der Waals surface area (Å²) in [4.78, 5) is 28.3. The van der Waals surface area contributed by atoms with Gasteiger partial charge in [-0.15, -0.1) is 10.2 Å². The number of amides is 1. The fraction of sp³-hybridized carbons (Fsp3) is 0.226. The zero-order valence-electron chi connectivity index (χ0n) is 22.5. The van der Waals surface area contributed by atoms with Gasteiger partial charge in [0.1, 0.15) is 11.5 Å². The second kappa shape index (κ2) is 12.1. The molecule has 1 aliphatic heterocycles. The fourth-order valence-electron chi connectivity index (χ4n) is 4.39. The largest absolute Gasteiger partial charge is 0.507 e. The van der Waals surface area contributed by atoms with Crippen molar-refractivity contribution >= 4 is 45.7 Å². The van der Waals surface area contributed by atoms with Crippen molar-refractivity contribution in [1.29, 1.82) is 0 Å². The van der Waals surface area contributed by atoms with Gasteiger partial charge < -0.3 is 9.84 Å². The molecule has 9 heteroatoms. The zero-order valence-corrected chi connectivity index (χ0v) is 24.1. The number of aliphatic hydroxyl groups excluding tert-OH is 1. The number of Topliss-reactive ketones (excluding diaryl/α,β-unsaturated/α-hetero) is 1. The minimum Gasteiger partial charge on any atom is -0.507 e. The smallest absolute Gasteiger partial charge is 0.301 e. The Kier molecular flexibility index (Phi) is 8.32. The molecule has 0 spiro atoms. The molecule has 204 valence electrons. The molecule has 3 aromatic carbocycles. The van der Waals surface area contributed by atoms with Crippen LogP contribution >= 0.6 is 23.1 Å². The number of hydrogen-bond acceptors (Lipinski definition) is 8. The first kappa shape index (κ1) is 27.6. The second-order valence-corrected chi connectivity index (χ2v) is 11.8. The summed E-state index contributed by atoms with van der Waals surface area (Å²) in [6.45, 7) is 6.54. The minimum absolute atomic E-state index is 0.00514. The summed E-state index contributed by atoms with van der Waals surface area (Å²) in [7, 11) is 0. The van der Waals surface area contributed by atoms with Crippen LogP contribution in [0.2, 0.25) is 0 Å². The number of ether oxygens (including phenoxy) is 1. The van der Waals surface area contributed by atoms with Crippen molar-refractivity contribution in [3.8, 4) is 5.75 Å². The van der Waals surface area contributed by atoms with Gasteiger partial charge in [-0.1, -0.05) is 102 Å². The highest BCUT2D eigenvalue weighted by Gasteiger charge is 2.48. The topological polar surface area (TPSA) is 92.6 Å². The number of thioether (sulfide) groups is 1. The molecule has 0 radical (unpaired) electrons. The number of anilines is 1. The summed E-state index contributed by atoms with van der Waals surface area (Å²) < 4.78 is 6.51. The molecule has 5 rings (SSSR count). The number of aliphatic hydroxyl groups is 1. The van der Waals surface area contributed by atoms with E-state index in [2.05, 4.69) is 34.5 Å². The highest BCUT2D eigenvalue weighted by molar-refractivity contribution is 8.00. The summed E-state index contributed by atoms with van der Waals surface area (Å²) in [5.41, 5.74) is 4.44. The molecule has 1 amide bonds. The molecule has 1 aromatic heterocycles. The van der Waals surface area contributed by atoms with E-state index >= 15 is 0 Å². The van der Waals surface area contributed by atoms with Gasteiger partial charge in [0, 0.05) is 11.3 Å². The number of nitrogens with zero attached hydrogens (tertiary/aromatic N) is 3. The minimum atomic E-state index is -0.894. The molecule has 2 heterocycles. The van der Waals surface area contributed by atoms with E-state index in [1.807, 2.05) is 51.1 Å². The van der Waals surface area contributed by atoms with Crippen LogP contribution < -0.4 is 9.64 Å². The van der Waals surface area contributed by atoms with Crippen LogP contribution in [-0.2, 0) is 15.3 Å². The van der Waals surface area contributed by atoms with Gasteiger partial charge in [-0.05, 0) is 43.5 Å². The van der Waals surface area contributed by atoms with Gasteiger partial charge in [-0.3, -0.25) is 14.5 Å². The standard InChI is InChI=1S/C31H29N3O4S2/c1-4-16-38-24-7-5-6-23(17-24)26-25(27(35)22-14-10-20(3)11-15-22)28(36)29(37)34(26)30-32-33-31(40-30)39-18-21-12-8-19(2)9-13-21/h5-15,17,26,35H,4,16,18H2,1-3H3. The van der Waals surface area contributed by atoms with Crippen LogP contribution in [0.15, 0.2) is 82.7 Å². The number of carbonyl (C=O) groups is 2. The van der Waals surface area contributed by atoms with Crippen LogP contribution in [0.5, 0.6) is 5.75 Å². The Balaban J connectivity index is 1.54. The Morgan fingerprint density at radius 1 is 1.00 bits per heavy atom. The molecule has 4 aromatic rings. The quantitative estimate of drug-likeness (QED) is 0.0771. The van der Waals surface area contributed by atoms with E-state index < -0.39 is 17.7 Å². The Morgan fingerprint density at radius 3 is 2.40 bits per heavy atom. The summed E-state index contributed by atoms with van der Waals surface area (Å²) >= 11 is 2.76. The number of rotatable bonds is 9. The normalized spacial score (nSPS) is 16.5. The monoisotopic (exact) mass is 571 g/mol. The molecule has 0 bridgehead atoms. The number of carbonyl (C=O) groups excluding carboxylic acids is 2. The van der Waals surface area contributed by atoms with Crippen LogP contribution in [0.3, 0.4) is 0 Å². The Bertz CT molecular complexity index is 1560. The average Bonchev–Trinajstić information content (AvgIpc) is 3.53.